The Morgan fingerprint density at radius 2 is 1.61 bits per heavy atom. The van der Waals surface area contributed by atoms with E-state index in [0.29, 0.717) is 11.3 Å². The molecule has 1 aliphatic heterocycles. The summed E-state index contributed by atoms with van der Waals surface area (Å²) in [5.74, 6) is -3.79. The number of nitrogens with zero attached hydrogens (tertiary/aromatic N) is 1. The zero-order valence-corrected chi connectivity index (χ0v) is 22.1. The van der Waals surface area contributed by atoms with Gasteiger partial charge in [-0.05, 0) is 31.4 Å². The van der Waals surface area contributed by atoms with Crippen LogP contribution in [-0.4, -0.2) is 65.0 Å². The molecule has 38 heavy (non-hydrogen) atoms. The average molecular weight is 542 g/mol. The fraction of sp³-hybridized carbons (Fsp3) is 0.370. The molecule has 0 unspecified atom stereocenters. The number of carbonyl (C=O) groups is 5. The maximum Gasteiger partial charge on any atom is 0.407 e. The second kappa shape index (κ2) is 14.2. The molecular formula is C27H31N3O7S. The number of rotatable bonds is 11. The number of Topliss-reactive ketones (excluding diaryl/α,β-unsaturated/α-hetero) is 1. The number of hydrogen-bond donors (Lipinski definition) is 2. The maximum absolute atomic E-state index is 13.2. The van der Waals surface area contributed by atoms with Crippen molar-refractivity contribution in [3.8, 4) is 0 Å². The minimum Gasteiger partial charge on any atom is -0.457 e. The van der Waals surface area contributed by atoms with E-state index in [1.54, 1.807) is 44.2 Å². The molecule has 3 rings (SSSR count). The van der Waals surface area contributed by atoms with Gasteiger partial charge in [-0.15, -0.1) is 11.8 Å². The van der Waals surface area contributed by atoms with Crippen molar-refractivity contribution in [2.75, 3.05) is 18.2 Å². The number of esters is 1. The van der Waals surface area contributed by atoms with Crippen LogP contribution in [0.1, 0.15) is 25.0 Å². The molecule has 0 aromatic heterocycles. The van der Waals surface area contributed by atoms with E-state index in [4.69, 9.17) is 9.47 Å². The van der Waals surface area contributed by atoms with Gasteiger partial charge >= 0.3 is 12.1 Å². The number of ketones is 1. The first-order chi connectivity index (χ1) is 18.2. The quantitative estimate of drug-likeness (QED) is 0.252. The van der Waals surface area contributed by atoms with E-state index in [2.05, 4.69) is 10.6 Å². The molecule has 1 heterocycles. The van der Waals surface area contributed by atoms with Crippen LogP contribution in [-0.2, 0) is 41.7 Å². The lowest BCUT2D eigenvalue weighted by molar-refractivity contribution is -0.160. The van der Waals surface area contributed by atoms with Gasteiger partial charge in [0.25, 0.3) is 5.78 Å². The third-order valence-electron chi connectivity index (χ3n) is 5.57. The number of alkyl carbamates (subject to hydrolysis) is 1. The first-order valence-corrected chi connectivity index (χ1v) is 13.3. The zero-order chi connectivity index (χ0) is 27.5. The third-order valence-corrected chi connectivity index (χ3v) is 6.58. The normalized spacial score (nSPS) is 15.4. The van der Waals surface area contributed by atoms with Gasteiger partial charge in [-0.3, -0.25) is 14.4 Å². The van der Waals surface area contributed by atoms with Gasteiger partial charge in [-0.2, -0.15) is 0 Å². The van der Waals surface area contributed by atoms with E-state index in [1.807, 2.05) is 30.3 Å². The smallest absolute Gasteiger partial charge is 0.407 e. The number of amides is 3. The Bertz CT molecular complexity index is 1130. The van der Waals surface area contributed by atoms with Gasteiger partial charge in [0.05, 0.1) is 12.0 Å². The zero-order valence-electron chi connectivity index (χ0n) is 21.3. The summed E-state index contributed by atoms with van der Waals surface area (Å²) >= 11 is 1.41. The summed E-state index contributed by atoms with van der Waals surface area (Å²) in [6.45, 7) is 2.97. The Hall–Kier alpha value is -3.86. The lowest BCUT2D eigenvalue weighted by atomic mass is 9.94. The van der Waals surface area contributed by atoms with Crippen LogP contribution >= 0.6 is 11.8 Å². The summed E-state index contributed by atoms with van der Waals surface area (Å²) in [7, 11) is 0. The van der Waals surface area contributed by atoms with Crippen LogP contribution in [0.5, 0.6) is 0 Å². The molecule has 1 fully saturated rings. The minimum absolute atomic E-state index is 0.00131. The summed E-state index contributed by atoms with van der Waals surface area (Å²) in [6.07, 6.45) is -1.97. The Labute approximate surface area is 225 Å². The molecule has 0 aliphatic carbocycles. The SMILES string of the molecule is CC(C)OC(=O)C(=O)[C@H](Cc1ccccc1)C(=O)N[C@H]1CSCN1C(=O)CNC(=O)OCc1ccccc1. The Morgan fingerprint density at radius 1 is 0.974 bits per heavy atom. The van der Waals surface area contributed by atoms with Crippen molar-refractivity contribution < 1.29 is 33.4 Å². The number of benzene rings is 2. The van der Waals surface area contributed by atoms with Crippen molar-refractivity contribution >= 4 is 41.4 Å². The highest BCUT2D eigenvalue weighted by Gasteiger charge is 2.37. The predicted molar refractivity (Wildman–Crippen MR) is 141 cm³/mol. The molecule has 1 saturated heterocycles. The molecular weight excluding hydrogens is 510 g/mol. The summed E-state index contributed by atoms with van der Waals surface area (Å²) in [5, 5.41) is 5.15. The largest absolute Gasteiger partial charge is 0.457 e. The van der Waals surface area contributed by atoms with Crippen molar-refractivity contribution in [3.05, 3.63) is 71.8 Å². The van der Waals surface area contributed by atoms with E-state index < -0.39 is 47.8 Å². The summed E-state index contributed by atoms with van der Waals surface area (Å²) in [4.78, 5) is 64.6. The number of hydrogen-bond acceptors (Lipinski definition) is 8. The van der Waals surface area contributed by atoms with Crippen molar-refractivity contribution in [2.45, 2.75) is 39.1 Å². The van der Waals surface area contributed by atoms with Gasteiger partial charge < -0.3 is 25.0 Å². The third kappa shape index (κ3) is 8.62. The molecule has 11 heteroatoms. The van der Waals surface area contributed by atoms with Gasteiger partial charge in [0.15, 0.2) is 0 Å². The van der Waals surface area contributed by atoms with E-state index in [9.17, 15) is 24.0 Å². The van der Waals surface area contributed by atoms with Crippen LogP contribution in [0.2, 0.25) is 0 Å². The highest BCUT2D eigenvalue weighted by molar-refractivity contribution is 7.99. The lowest BCUT2D eigenvalue weighted by Crippen LogP contribution is -2.53. The molecule has 2 atom stereocenters. The van der Waals surface area contributed by atoms with Crippen LogP contribution in [0.3, 0.4) is 0 Å². The Morgan fingerprint density at radius 3 is 2.24 bits per heavy atom. The van der Waals surface area contributed by atoms with Gasteiger partial charge in [0, 0.05) is 5.75 Å². The molecule has 1 aliphatic rings. The van der Waals surface area contributed by atoms with E-state index in [0.717, 1.165) is 5.56 Å². The molecule has 2 N–H and O–H groups in total. The van der Waals surface area contributed by atoms with Gasteiger partial charge in [-0.25, -0.2) is 9.59 Å². The number of thioether (sulfide) groups is 1. The Kier molecular flexibility index (Phi) is 10.7. The topological polar surface area (TPSA) is 131 Å². The van der Waals surface area contributed by atoms with Gasteiger partial charge in [-0.1, -0.05) is 60.7 Å². The number of ether oxygens (including phenoxy) is 2. The molecule has 2 aromatic rings. The van der Waals surface area contributed by atoms with Crippen LogP contribution in [0.15, 0.2) is 60.7 Å². The molecule has 2 aromatic carbocycles. The van der Waals surface area contributed by atoms with Crippen molar-refractivity contribution in [3.63, 3.8) is 0 Å². The van der Waals surface area contributed by atoms with Crippen LogP contribution in [0.4, 0.5) is 4.79 Å². The summed E-state index contributed by atoms with van der Waals surface area (Å²) < 4.78 is 10.1. The van der Waals surface area contributed by atoms with E-state index in [-0.39, 0.29) is 25.4 Å². The number of carbonyl (C=O) groups excluding carboxylic acids is 5. The molecule has 0 radical (unpaired) electrons. The highest BCUT2D eigenvalue weighted by Crippen LogP contribution is 2.20. The summed E-state index contributed by atoms with van der Waals surface area (Å²) in [5.41, 5.74) is 1.51. The highest BCUT2D eigenvalue weighted by atomic mass is 32.2. The molecule has 0 saturated carbocycles. The first-order valence-electron chi connectivity index (χ1n) is 12.2. The predicted octanol–water partition coefficient (Wildman–Crippen LogP) is 2.27. The molecule has 3 amide bonds. The number of nitrogens with one attached hydrogen (secondary N) is 2. The van der Waals surface area contributed by atoms with E-state index >= 15 is 0 Å². The average Bonchev–Trinajstić information content (AvgIpc) is 3.37. The maximum atomic E-state index is 13.2. The van der Waals surface area contributed by atoms with E-state index in [1.165, 1.54) is 16.7 Å². The molecule has 0 spiro atoms. The fourth-order valence-electron chi connectivity index (χ4n) is 3.66. The van der Waals surface area contributed by atoms with Crippen molar-refractivity contribution in [2.24, 2.45) is 5.92 Å². The lowest BCUT2D eigenvalue weighted by Gasteiger charge is -2.26. The summed E-state index contributed by atoms with van der Waals surface area (Å²) in [6, 6.07) is 18.0. The fourth-order valence-corrected chi connectivity index (χ4v) is 4.78. The second-order valence-electron chi connectivity index (χ2n) is 8.86. The monoisotopic (exact) mass is 541 g/mol. The van der Waals surface area contributed by atoms with Gasteiger partial charge in [0.1, 0.15) is 25.2 Å². The second-order valence-corrected chi connectivity index (χ2v) is 9.86. The van der Waals surface area contributed by atoms with Crippen LogP contribution < -0.4 is 10.6 Å². The molecule has 202 valence electrons. The standard InChI is InChI=1S/C27H31N3O7S/c1-18(2)37-26(34)24(32)21(13-19-9-5-3-6-10-19)25(33)29-22-16-38-17-30(22)23(31)14-28-27(35)36-15-20-11-7-4-8-12-20/h3-12,18,21-22H,13-17H2,1-2H3,(H,28,35)(H,29,33)/t21-,22+/m0/s1. The van der Waals surface area contributed by atoms with Gasteiger partial charge in [0.2, 0.25) is 11.8 Å². The Balaban J connectivity index is 1.58. The first kappa shape index (κ1) is 28.7. The van der Waals surface area contributed by atoms with Crippen LogP contribution in [0, 0.1) is 5.92 Å². The molecule has 10 nitrogen and oxygen atoms in total. The van der Waals surface area contributed by atoms with Crippen molar-refractivity contribution in [1.82, 2.24) is 15.5 Å². The van der Waals surface area contributed by atoms with Crippen LogP contribution in [0.25, 0.3) is 0 Å². The van der Waals surface area contributed by atoms with Crippen molar-refractivity contribution in [1.29, 1.82) is 0 Å². The minimum atomic E-state index is -1.32. The molecule has 0 bridgehead atoms.